The molecule has 3 aromatic heterocycles. The third-order valence-corrected chi connectivity index (χ3v) is 3.48. The van der Waals surface area contributed by atoms with Crippen LogP contribution in [-0.4, -0.2) is 9.38 Å². The van der Waals surface area contributed by atoms with E-state index in [1.807, 2.05) is 16.8 Å². The Bertz CT molecular complexity index is 610. The van der Waals surface area contributed by atoms with Crippen LogP contribution in [0.3, 0.4) is 0 Å². The number of nitrogens with two attached hydrogens (primary N) is 1. The normalized spacial score (nSPS) is 11.1. The zero-order valence-corrected chi connectivity index (χ0v) is 9.45. The fourth-order valence-corrected chi connectivity index (χ4v) is 2.45. The van der Waals surface area contributed by atoms with E-state index in [4.69, 9.17) is 5.73 Å². The van der Waals surface area contributed by atoms with E-state index in [-0.39, 0.29) is 0 Å². The maximum absolute atomic E-state index is 5.57. The summed E-state index contributed by atoms with van der Waals surface area (Å²) in [5.41, 5.74) is 8.86. The molecular weight excluding hydrogens is 218 g/mol. The van der Waals surface area contributed by atoms with Gasteiger partial charge in [-0.05, 0) is 23.6 Å². The van der Waals surface area contributed by atoms with Gasteiger partial charge in [-0.1, -0.05) is 6.07 Å². The van der Waals surface area contributed by atoms with Gasteiger partial charge in [0.05, 0.1) is 12.0 Å². The van der Waals surface area contributed by atoms with Crippen LogP contribution in [-0.2, 0) is 6.54 Å². The molecule has 0 aliphatic heterocycles. The van der Waals surface area contributed by atoms with E-state index < -0.39 is 0 Å². The lowest BCUT2D eigenvalue weighted by Gasteiger charge is -1.96. The quantitative estimate of drug-likeness (QED) is 0.733. The van der Waals surface area contributed by atoms with Gasteiger partial charge in [-0.2, -0.15) is 0 Å². The minimum absolute atomic E-state index is 0.482. The highest BCUT2D eigenvalue weighted by Crippen LogP contribution is 2.26. The highest BCUT2D eigenvalue weighted by atomic mass is 32.1. The number of hydrogen-bond acceptors (Lipinski definition) is 3. The Morgan fingerprint density at radius 3 is 3.06 bits per heavy atom. The van der Waals surface area contributed by atoms with Gasteiger partial charge in [0.25, 0.3) is 0 Å². The Morgan fingerprint density at radius 2 is 2.31 bits per heavy atom. The van der Waals surface area contributed by atoms with Crippen LogP contribution >= 0.6 is 11.3 Å². The minimum atomic E-state index is 0.482. The summed E-state index contributed by atoms with van der Waals surface area (Å²) >= 11 is 1.74. The van der Waals surface area contributed by atoms with Gasteiger partial charge in [0, 0.05) is 28.7 Å². The van der Waals surface area contributed by atoms with Crippen molar-refractivity contribution in [3.8, 4) is 10.4 Å². The summed E-state index contributed by atoms with van der Waals surface area (Å²) in [6, 6.07) is 8.37. The summed E-state index contributed by atoms with van der Waals surface area (Å²) in [4.78, 5) is 5.54. The molecule has 0 fully saturated rings. The van der Waals surface area contributed by atoms with Crippen molar-refractivity contribution in [1.29, 1.82) is 0 Å². The molecule has 2 N–H and O–H groups in total. The van der Waals surface area contributed by atoms with Crippen molar-refractivity contribution in [1.82, 2.24) is 9.38 Å². The summed E-state index contributed by atoms with van der Waals surface area (Å²) in [5, 5.41) is 2.08. The fraction of sp³-hybridized carbons (Fsp3) is 0.0833. The van der Waals surface area contributed by atoms with E-state index in [0.29, 0.717) is 6.54 Å². The molecule has 0 aliphatic carbocycles. The summed E-state index contributed by atoms with van der Waals surface area (Å²) in [5.74, 6) is 0. The van der Waals surface area contributed by atoms with E-state index in [0.717, 1.165) is 11.2 Å². The zero-order chi connectivity index (χ0) is 11.0. The third kappa shape index (κ3) is 1.52. The molecule has 0 amide bonds. The summed E-state index contributed by atoms with van der Waals surface area (Å²) < 4.78 is 2.02. The van der Waals surface area contributed by atoms with Crippen molar-refractivity contribution >= 4 is 16.9 Å². The molecule has 0 aromatic carbocycles. The van der Waals surface area contributed by atoms with Crippen molar-refractivity contribution in [3.05, 3.63) is 47.9 Å². The van der Waals surface area contributed by atoms with Gasteiger partial charge < -0.3 is 10.1 Å². The zero-order valence-electron chi connectivity index (χ0n) is 8.63. The van der Waals surface area contributed by atoms with Crippen LogP contribution in [0.4, 0.5) is 0 Å². The SMILES string of the molecule is NCc1cc2cc(-c3cccs3)cn2cn1. The molecule has 4 heteroatoms. The largest absolute Gasteiger partial charge is 0.325 e. The van der Waals surface area contributed by atoms with Crippen molar-refractivity contribution < 1.29 is 0 Å². The second-order valence-electron chi connectivity index (χ2n) is 3.62. The van der Waals surface area contributed by atoms with Crippen LogP contribution < -0.4 is 5.73 Å². The second kappa shape index (κ2) is 3.73. The van der Waals surface area contributed by atoms with Crippen molar-refractivity contribution in [2.24, 2.45) is 5.73 Å². The Balaban J connectivity index is 2.16. The monoisotopic (exact) mass is 229 g/mol. The second-order valence-corrected chi connectivity index (χ2v) is 4.57. The number of fused-ring (bicyclic) bond motifs is 1. The lowest BCUT2D eigenvalue weighted by molar-refractivity contribution is 0.953. The van der Waals surface area contributed by atoms with Gasteiger partial charge in [0.15, 0.2) is 0 Å². The topological polar surface area (TPSA) is 43.3 Å². The molecule has 80 valence electrons. The molecule has 0 atom stereocenters. The first kappa shape index (κ1) is 9.57. The predicted octanol–water partition coefficient (Wildman–Crippen LogP) is 2.52. The summed E-state index contributed by atoms with van der Waals surface area (Å²) in [6.07, 6.45) is 3.91. The predicted molar refractivity (Wildman–Crippen MR) is 66.4 cm³/mol. The van der Waals surface area contributed by atoms with Gasteiger partial charge in [0.2, 0.25) is 0 Å². The Hall–Kier alpha value is -1.65. The lowest BCUT2D eigenvalue weighted by atomic mass is 10.2. The highest BCUT2D eigenvalue weighted by molar-refractivity contribution is 7.13. The molecule has 0 saturated heterocycles. The standard InChI is InChI=1S/C12H11N3S/c13-6-10-5-11-4-9(7-15(11)8-14-10)12-2-1-3-16-12/h1-5,7-8H,6,13H2. The maximum Gasteiger partial charge on any atom is 0.0994 e. The van der Waals surface area contributed by atoms with E-state index in [1.165, 1.54) is 10.4 Å². The molecule has 0 unspecified atom stereocenters. The molecule has 16 heavy (non-hydrogen) atoms. The molecule has 3 nitrogen and oxygen atoms in total. The molecule has 3 aromatic rings. The van der Waals surface area contributed by atoms with Gasteiger partial charge in [0.1, 0.15) is 0 Å². The molecule has 3 heterocycles. The first-order chi connectivity index (χ1) is 7.86. The Kier molecular flexibility index (Phi) is 2.23. The minimum Gasteiger partial charge on any atom is -0.325 e. The molecule has 0 radical (unpaired) electrons. The van der Waals surface area contributed by atoms with Gasteiger partial charge in [-0.15, -0.1) is 11.3 Å². The number of nitrogens with zero attached hydrogens (tertiary/aromatic N) is 2. The molecule has 0 saturated carbocycles. The van der Waals surface area contributed by atoms with Crippen LogP contribution in [0.5, 0.6) is 0 Å². The van der Waals surface area contributed by atoms with Gasteiger partial charge in [-0.3, -0.25) is 0 Å². The van der Waals surface area contributed by atoms with Gasteiger partial charge in [-0.25, -0.2) is 4.98 Å². The number of rotatable bonds is 2. The van der Waals surface area contributed by atoms with E-state index in [9.17, 15) is 0 Å². The van der Waals surface area contributed by atoms with Crippen molar-refractivity contribution in [2.75, 3.05) is 0 Å². The van der Waals surface area contributed by atoms with Crippen molar-refractivity contribution in [3.63, 3.8) is 0 Å². The molecule has 0 aliphatic rings. The Morgan fingerprint density at radius 1 is 1.38 bits per heavy atom. The lowest BCUT2D eigenvalue weighted by Crippen LogP contribution is -2.00. The highest BCUT2D eigenvalue weighted by Gasteiger charge is 2.03. The summed E-state index contributed by atoms with van der Waals surface area (Å²) in [7, 11) is 0. The molecule has 0 spiro atoms. The van der Waals surface area contributed by atoms with Crippen LogP contribution in [0.1, 0.15) is 5.69 Å². The van der Waals surface area contributed by atoms with Gasteiger partial charge >= 0.3 is 0 Å². The molecular formula is C12H11N3S. The summed E-state index contributed by atoms with van der Waals surface area (Å²) in [6.45, 7) is 0.482. The number of thiophene rings is 1. The number of hydrogen-bond donors (Lipinski definition) is 1. The molecule has 0 bridgehead atoms. The van der Waals surface area contributed by atoms with Crippen LogP contribution in [0.2, 0.25) is 0 Å². The average Bonchev–Trinajstić information content (AvgIpc) is 2.96. The number of aromatic nitrogens is 2. The maximum atomic E-state index is 5.57. The average molecular weight is 229 g/mol. The van der Waals surface area contributed by atoms with E-state index >= 15 is 0 Å². The van der Waals surface area contributed by atoms with Crippen LogP contribution in [0.25, 0.3) is 16.0 Å². The van der Waals surface area contributed by atoms with E-state index in [2.05, 4.69) is 34.8 Å². The van der Waals surface area contributed by atoms with Crippen molar-refractivity contribution in [2.45, 2.75) is 6.54 Å². The Labute approximate surface area is 97.2 Å². The smallest absolute Gasteiger partial charge is 0.0994 e. The first-order valence-corrected chi connectivity index (χ1v) is 5.95. The van der Waals surface area contributed by atoms with Crippen LogP contribution in [0.15, 0.2) is 42.2 Å². The molecule has 3 rings (SSSR count). The van der Waals surface area contributed by atoms with Crippen LogP contribution in [0, 0.1) is 0 Å². The third-order valence-electron chi connectivity index (χ3n) is 2.56. The fourth-order valence-electron chi connectivity index (χ4n) is 1.75. The first-order valence-electron chi connectivity index (χ1n) is 5.07. The van der Waals surface area contributed by atoms with E-state index in [1.54, 1.807) is 11.3 Å².